The molecule has 0 aromatic heterocycles. The molecule has 0 atom stereocenters. The van der Waals surface area contributed by atoms with Crippen LogP contribution in [0.3, 0.4) is 0 Å². The first-order chi connectivity index (χ1) is 9.30. The number of primary sulfonamides is 1. The third-order valence-electron chi connectivity index (χ3n) is 3.85. The highest BCUT2D eigenvalue weighted by Gasteiger charge is 2.38. The largest absolute Gasteiger partial charge is 0.493 e. The van der Waals surface area contributed by atoms with Crippen LogP contribution in [0.5, 0.6) is 5.75 Å². The van der Waals surface area contributed by atoms with E-state index < -0.39 is 10.0 Å². The normalized spacial score (nSPS) is 18.1. The fourth-order valence-electron chi connectivity index (χ4n) is 2.83. The minimum absolute atomic E-state index is 0.00943. The summed E-state index contributed by atoms with van der Waals surface area (Å²) in [6.07, 6.45) is 3.80. The molecule has 0 unspecified atom stereocenters. The zero-order valence-corrected chi connectivity index (χ0v) is 14.0. The number of benzene rings is 1. The van der Waals surface area contributed by atoms with Crippen LogP contribution in [0.1, 0.15) is 31.2 Å². The molecule has 0 spiro atoms. The second-order valence-corrected chi connectivity index (χ2v) is 8.18. The molecule has 0 heterocycles. The standard InChI is InChI=1S/C14H20BrNO3S/c1-11-8-12(4-5-13(11)15)19-9-14(6-2-3-7-14)10-20(16,17)18/h4-5,8H,2-3,6-7,9-10H2,1H3,(H2,16,17,18). The predicted octanol–water partition coefficient (Wildman–Crippen LogP) is 2.99. The van der Waals surface area contributed by atoms with Gasteiger partial charge in [0.15, 0.2) is 0 Å². The summed E-state index contributed by atoms with van der Waals surface area (Å²) < 4.78 is 29.7. The van der Waals surface area contributed by atoms with Gasteiger partial charge in [0.2, 0.25) is 10.0 Å². The number of hydrogen-bond acceptors (Lipinski definition) is 3. The van der Waals surface area contributed by atoms with Gasteiger partial charge in [-0.15, -0.1) is 0 Å². The Balaban J connectivity index is 2.07. The number of sulfonamides is 1. The summed E-state index contributed by atoms with van der Waals surface area (Å²) in [6.45, 7) is 2.40. The van der Waals surface area contributed by atoms with Crippen LogP contribution in [-0.4, -0.2) is 20.8 Å². The van der Waals surface area contributed by atoms with Crippen LogP contribution >= 0.6 is 15.9 Å². The Morgan fingerprint density at radius 2 is 2.00 bits per heavy atom. The molecular formula is C14H20BrNO3S. The van der Waals surface area contributed by atoms with Gasteiger partial charge in [-0.05, 0) is 43.5 Å². The van der Waals surface area contributed by atoms with Gasteiger partial charge in [0.1, 0.15) is 5.75 Å². The highest BCUT2D eigenvalue weighted by Crippen LogP contribution is 2.39. The van der Waals surface area contributed by atoms with Crippen LogP contribution < -0.4 is 9.88 Å². The molecule has 1 fully saturated rings. The van der Waals surface area contributed by atoms with Gasteiger partial charge in [-0.1, -0.05) is 28.8 Å². The molecule has 0 bridgehead atoms. The van der Waals surface area contributed by atoms with Gasteiger partial charge in [0.05, 0.1) is 12.4 Å². The summed E-state index contributed by atoms with van der Waals surface area (Å²) in [7, 11) is -3.47. The van der Waals surface area contributed by atoms with Crippen molar-refractivity contribution in [3.63, 3.8) is 0 Å². The minimum Gasteiger partial charge on any atom is -0.493 e. The molecule has 2 N–H and O–H groups in total. The Hall–Kier alpha value is -0.590. The molecule has 1 saturated carbocycles. The molecule has 1 aromatic carbocycles. The average Bonchev–Trinajstić information content (AvgIpc) is 2.77. The van der Waals surface area contributed by atoms with E-state index in [4.69, 9.17) is 9.88 Å². The van der Waals surface area contributed by atoms with E-state index >= 15 is 0 Å². The Bertz CT molecular complexity index is 580. The SMILES string of the molecule is Cc1cc(OCC2(CS(N)(=O)=O)CCCC2)ccc1Br. The van der Waals surface area contributed by atoms with Crippen LogP contribution in [0, 0.1) is 12.3 Å². The average molecular weight is 362 g/mol. The van der Waals surface area contributed by atoms with Crippen molar-refractivity contribution in [3.05, 3.63) is 28.2 Å². The summed E-state index contributed by atoms with van der Waals surface area (Å²) in [5.41, 5.74) is 0.767. The van der Waals surface area contributed by atoms with Crippen molar-refractivity contribution in [1.29, 1.82) is 0 Å². The number of nitrogens with two attached hydrogens (primary N) is 1. The Morgan fingerprint density at radius 1 is 1.35 bits per heavy atom. The summed E-state index contributed by atoms with van der Waals surface area (Å²) in [4.78, 5) is 0. The molecule has 0 amide bonds. The lowest BCUT2D eigenvalue weighted by atomic mass is 9.90. The lowest BCUT2D eigenvalue weighted by Gasteiger charge is -2.27. The maximum Gasteiger partial charge on any atom is 0.209 e. The van der Waals surface area contributed by atoms with Gasteiger partial charge in [-0.2, -0.15) is 0 Å². The maximum absolute atomic E-state index is 11.4. The molecular weight excluding hydrogens is 342 g/mol. The first kappa shape index (κ1) is 15.8. The van der Waals surface area contributed by atoms with E-state index in [0.29, 0.717) is 6.61 Å². The number of rotatable bonds is 5. The van der Waals surface area contributed by atoms with E-state index in [1.54, 1.807) is 0 Å². The minimum atomic E-state index is -3.47. The monoisotopic (exact) mass is 361 g/mol. The van der Waals surface area contributed by atoms with Crippen molar-refractivity contribution in [2.75, 3.05) is 12.4 Å². The number of halogens is 1. The van der Waals surface area contributed by atoms with Gasteiger partial charge < -0.3 is 4.74 Å². The van der Waals surface area contributed by atoms with Gasteiger partial charge in [0, 0.05) is 9.89 Å². The predicted molar refractivity (Wildman–Crippen MR) is 83.2 cm³/mol. The van der Waals surface area contributed by atoms with Crippen LogP contribution in [0.2, 0.25) is 0 Å². The van der Waals surface area contributed by atoms with Gasteiger partial charge in [-0.3, -0.25) is 0 Å². The Morgan fingerprint density at radius 3 is 2.55 bits per heavy atom. The van der Waals surface area contributed by atoms with Crippen molar-refractivity contribution in [2.24, 2.45) is 10.6 Å². The molecule has 1 aliphatic carbocycles. The van der Waals surface area contributed by atoms with Crippen LogP contribution in [0.25, 0.3) is 0 Å². The van der Waals surface area contributed by atoms with Crippen molar-refractivity contribution in [1.82, 2.24) is 0 Å². The highest BCUT2D eigenvalue weighted by atomic mass is 79.9. The third-order valence-corrected chi connectivity index (χ3v) is 5.75. The third kappa shape index (κ3) is 4.20. The lowest BCUT2D eigenvalue weighted by molar-refractivity contribution is 0.170. The molecule has 2 rings (SSSR count). The van der Waals surface area contributed by atoms with E-state index in [1.165, 1.54) is 0 Å². The molecule has 6 heteroatoms. The molecule has 1 aromatic rings. The number of hydrogen-bond donors (Lipinski definition) is 1. The summed E-state index contributed by atoms with van der Waals surface area (Å²) in [5.74, 6) is 0.779. The second kappa shape index (κ2) is 6.03. The van der Waals surface area contributed by atoms with Gasteiger partial charge in [-0.25, -0.2) is 13.6 Å². The molecule has 20 heavy (non-hydrogen) atoms. The molecule has 0 aliphatic heterocycles. The lowest BCUT2D eigenvalue weighted by Crippen LogP contribution is -2.36. The maximum atomic E-state index is 11.4. The second-order valence-electron chi connectivity index (χ2n) is 5.71. The molecule has 1 aliphatic rings. The quantitative estimate of drug-likeness (QED) is 0.876. The Labute approximate surface area is 128 Å². The van der Waals surface area contributed by atoms with E-state index in [1.807, 2.05) is 25.1 Å². The summed E-state index contributed by atoms with van der Waals surface area (Å²) in [6, 6.07) is 5.77. The van der Waals surface area contributed by atoms with Crippen LogP contribution in [0.4, 0.5) is 0 Å². The zero-order valence-electron chi connectivity index (χ0n) is 11.6. The van der Waals surface area contributed by atoms with Crippen molar-refractivity contribution in [2.45, 2.75) is 32.6 Å². The van der Waals surface area contributed by atoms with Crippen LogP contribution in [-0.2, 0) is 10.0 Å². The van der Waals surface area contributed by atoms with Gasteiger partial charge in [0.25, 0.3) is 0 Å². The first-order valence-corrected chi connectivity index (χ1v) is 9.20. The van der Waals surface area contributed by atoms with E-state index in [2.05, 4.69) is 15.9 Å². The summed E-state index contributed by atoms with van der Waals surface area (Å²) in [5, 5.41) is 5.22. The topological polar surface area (TPSA) is 69.4 Å². The van der Waals surface area contributed by atoms with Crippen LogP contribution in [0.15, 0.2) is 22.7 Å². The molecule has 0 radical (unpaired) electrons. The zero-order chi connectivity index (χ0) is 14.8. The van der Waals surface area contributed by atoms with E-state index in [9.17, 15) is 8.42 Å². The number of aryl methyl sites for hydroxylation is 1. The van der Waals surface area contributed by atoms with Gasteiger partial charge >= 0.3 is 0 Å². The molecule has 0 saturated heterocycles. The fraction of sp³-hybridized carbons (Fsp3) is 0.571. The smallest absolute Gasteiger partial charge is 0.209 e. The molecule has 112 valence electrons. The molecule has 4 nitrogen and oxygen atoms in total. The number of ether oxygens (including phenoxy) is 1. The van der Waals surface area contributed by atoms with Crippen molar-refractivity contribution in [3.8, 4) is 5.75 Å². The summed E-state index contributed by atoms with van der Waals surface area (Å²) >= 11 is 3.45. The van der Waals surface area contributed by atoms with E-state index in [0.717, 1.165) is 41.5 Å². The fourth-order valence-corrected chi connectivity index (χ4v) is 4.30. The first-order valence-electron chi connectivity index (χ1n) is 6.69. The van der Waals surface area contributed by atoms with Crippen molar-refractivity contribution < 1.29 is 13.2 Å². The highest BCUT2D eigenvalue weighted by molar-refractivity contribution is 9.10. The Kier molecular flexibility index (Phi) is 4.76. The van der Waals surface area contributed by atoms with Crippen molar-refractivity contribution >= 4 is 26.0 Å². The van der Waals surface area contributed by atoms with E-state index in [-0.39, 0.29) is 11.2 Å².